The van der Waals surface area contributed by atoms with Crippen LogP contribution >= 0.6 is 11.9 Å². The van der Waals surface area contributed by atoms with E-state index < -0.39 is 22.0 Å². The number of nitrogens with zero attached hydrogens (tertiary/aromatic N) is 1. The lowest BCUT2D eigenvalue weighted by Crippen LogP contribution is -2.45. The van der Waals surface area contributed by atoms with E-state index in [4.69, 9.17) is 22.4 Å². The van der Waals surface area contributed by atoms with Crippen LogP contribution in [0.2, 0.25) is 0 Å². The molecule has 2 atom stereocenters. The number of amides is 1. The Morgan fingerprint density at radius 1 is 1.60 bits per heavy atom. The third-order valence-electron chi connectivity index (χ3n) is 1.65. The van der Waals surface area contributed by atoms with E-state index in [9.17, 15) is 9.59 Å². The molecule has 0 spiro atoms. The molecule has 0 aliphatic heterocycles. The molecule has 0 aromatic rings. The quantitative estimate of drug-likeness (QED) is 0.345. The largest absolute Gasteiger partial charge is 0.526 e. The zero-order valence-electron chi connectivity index (χ0n) is 8.21. The Labute approximate surface area is 91.8 Å². The fraction of sp³-hybridized carbons (Fsp3) is 0.500. The highest BCUT2D eigenvalue weighted by molar-refractivity contribution is 7.94. The molecule has 0 saturated heterocycles. The molecular formula is C8H13N2O4S+. The van der Waals surface area contributed by atoms with Crippen molar-refractivity contribution in [3.05, 3.63) is 0 Å². The summed E-state index contributed by atoms with van der Waals surface area (Å²) < 4.78 is -0.503. The Kier molecular flexibility index (Phi) is 5.14. The van der Waals surface area contributed by atoms with Crippen molar-refractivity contribution in [1.82, 2.24) is 0 Å². The van der Waals surface area contributed by atoms with Gasteiger partial charge in [0.15, 0.2) is 6.54 Å². The van der Waals surface area contributed by atoms with Crippen molar-refractivity contribution in [1.29, 1.82) is 0 Å². The molecule has 1 unspecified atom stereocenters. The van der Waals surface area contributed by atoms with Crippen molar-refractivity contribution in [2.75, 3.05) is 19.3 Å². The molecule has 0 aromatic carbocycles. The maximum Gasteiger partial charge on any atom is 0.526 e. The van der Waals surface area contributed by atoms with E-state index in [2.05, 4.69) is 5.92 Å². The summed E-state index contributed by atoms with van der Waals surface area (Å²) in [4.78, 5) is 21.3. The summed E-state index contributed by atoms with van der Waals surface area (Å²) in [7, 11) is 1.39. The lowest BCUT2D eigenvalue weighted by molar-refractivity contribution is -0.685. The van der Waals surface area contributed by atoms with Gasteiger partial charge in [0.1, 0.15) is 6.04 Å². The van der Waals surface area contributed by atoms with Gasteiger partial charge in [0.25, 0.3) is 0 Å². The normalized spacial score (nSPS) is 16.1. The minimum atomic E-state index is -1.17. The number of carbonyl (C=O) groups is 2. The Morgan fingerprint density at radius 2 is 2.13 bits per heavy atom. The first-order valence-electron chi connectivity index (χ1n) is 3.99. The van der Waals surface area contributed by atoms with E-state index in [0.29, 0.717) is 0 Å². The molecule has 84 valence electrons. The van der Waals surface area contributed by atoms with Crippen molar-refractivity contribution < 1.29 is 23.7 Å². The molecular weight excluding hydrogens is 220 g/mol. The van der Waals surface area contributed by atoms with E-state index >= 15 is 0 Å². The van der Waals surface area contributed by atoms with E-state index in [0.717, 1.165) is 11.9 Å². The summed E-state index contributed by atoms with van der Waals surface area (Å²) in [6.07, 6.45) is 3.90. The molecule has 0 bridgehead atoms. The topological polar surface area (TPSA) is 101 Å². The van der Waals surface area contributed by atoms with E-state index in [1.54, 1.807) is 0 Å². The van der Waals surface area contributed by atoms with Gasteiger partial charge in [-0.2, -0.15) is 8.68 Å². The summed E-state index contributed by atoms with van der Waals surface area (Å²) in [6.45, 7) is -0.0354. The second-order valence-corrected chi connectivity index (χ2v) is 4.38. The van der Waals surface area contributed by atoms with Gasteiger partial charge in [0, 0.05) is 0 Å². The third-order valence-corrected chi connectivity index (χ3v) is 3.02. The van der Waals surface area contributed by atoms with Crippen molar-refractivity contribution in [2.24, 2.45) is 5.73 Å². The van der Waals surface area contributed by atoms with Gasteiger partial charge in [-0.15, -0.1) is 6.42 Å². The third kappa shape index (κ3) is 4.20. The highest BCUT2D eigenvalue weighted by Crippen LogP contribution is 2.20. The molecule has 0 rings (SSSR count). The van der Waals surface area contributed by atoms with Crippen molar-refractivity contribution in [2.45, 2.75) is 6.04 Å². The van der Waals surface area contributed by atoms with Gasteiger partial charge in [-0.3, -0.25) is 4.79 Å². The van der Waals surface area contributed by atoms with E-state index in [1.165, 1.54) is 7.05 Å². The first-order chi connectivity index (χ1) is 6.83. The molecule has 1 amide bonds. The number of quaternary nitrogens is 1. The fourth-order valence-corrected chi connectivity index (χ4v) is 1.57. The number of hydrogen-bond donors (Lipinski definition) is 3. The zero-order valence-corrected chi connectivity index (χ0v) is 9.03. The highest BCUT2D eigenvalue weighted by Gasteiger charge is 2.34. The smallest absolute Gasteiger partial charge is 0.480 e. The predicted molar refractivity (Wildman–Crippen MR) is 56.0 cm³/mol. The number of nitrogens with two attached hydrogens (primary N) is 1. The lowest BCUT2D eigenvalue weighted by atomic mass is 10.4. The molecule has 0 saturated carbocycles. The van der Waals surface area contributed by atoms with Gasteiger partial charge in [-0.25, -0.2) is 0 Å². The van der Waals surface area contributed by atoms with Crippen molar-refractivity contribution >= 4 is 24.0 Å². The van der Waals surface area contributed by atoms with Gasteiger partial charge < -0.3 is 15.9 Å². The minimum absolute atomic E-state index is 0.0141. The average Bonchev–Trinajstić information content (AvgIpc) is 2.14. The molecule has 0 aromatic heterocycles. The summed E-state index contributed by atoms with van der Waals surface area (Å²) in [5, 5.41) is 17.4. The van der Waals surface area contributed by atoms with Gasteiger partial charge in [-0.1, -0.05) is 0 Å². The first-order valence-corrected chi connectivity index (χ1v) is 4.93. The van der Waals surface area contributed by atoms with Gasteiger partial charge in [0.2, 0.25) is 0 Å². The van der Waals surface area contributed by atoms with Crippen LogP contribution in [-0.2, 0) is 4.79 Å². The minimum Gasteiger partial charge on any atom is -0.480 e. The van der Waals surface area contributed by atoms with Crippen molar-refractivity contribution in [3.8, 4) is 12.3 Å². The number of carboxylic acid groups (broad SMARTS) is 2. The fourth-order valence-electron chi connectivity index (χ4n) is 0.659. The number of aliphatic carboxylic acids is 1. The van der Waals surface area contributed by atoms with Gasteiger partial charge >= 0.3 is 12.1 Å². The predicted octanol–water partition coefficient (Wildman–Crippen LogP) is -0.196. The summed E-state index contributed by atoms with van der Waals surface area (Å²) in [6, 6.07) is -1.09. The molecule has 0 aliphatic rings. The second kappa shape index (κ2) is 5.60. The van der Waals surface area contributed by atoms with Crippen LogP contribution in [0.3, 0.4) is 0 Å². The molecule has 6 nitrogen and oxygen atoms in total. The van der Waals surface area contributed by atoms with Crippen LogP contribution in [0.25, 0.3) is 0 Å². The molecule has 4 N–H and O–H groups in total. The molecule has 0 radical (unpaired) electrons. The van der Waals surface area contributed by atoms with Crippen LogP contribution < -0.4 is 5.73 Å². The standard InChI is InChI=1S/C8H12N2O4S/c1-3-4-10(2,8(13)14)15-5-6(9)7(11)12/h1,6H,4-5,9H2,2H3,(H-,11,12,13,14)/p+1/t6-,10?/m0/s1. The zero-order chi connectivity index (χ0) is 12.1. The number of carboxylic acids is 1. The van der Waals surface area contributed by atoms with E-state index in [1.807, 2.05) is 0 Å². The maximum atomic E-state index is 10.9. The highest BCUT2D eigenvalue weighted by atomic mass is 32.2. The van der Waals surface area contributed by atoms with Crippen LogP contribution in [-0.4, -0.2) is 51.6 Å². The van der Waals surface area contributed by atoms with Crippen LogP contribution in [0.5, 0.6) is 0 Å². The summed E-state index contributed by atoms with van der Waals surface area (Å²) >= 11 is 0.883. The molecule has 0 heterocycles. The Balaban J connectivity index is 4.39. The maximum absolute atomic E-state index is 10.9. The molecule has 0 aliphatic carbocycles. The van der Waals surface area contributed by atoms with E-state index in [-0.39, 0.29) is 12.3 Å². The average molecular weight is 233 g/mol. The number of rotatable bonds is 5. The Morgan fingerprint density at radius 3 is 2.47 bits per heavy atom. The van der Waals surface area contributed by atoms with Gasteiger partial charge in [0.05, 0.1) is 24.7 Å². The Bertz CT molecular complexity index is 302. The molecule has 15 heavy (non-hydrogen) atoms. The molecule has 7 heteroatoms. The van der Waals surface area contributed by atoms with Gasteiger partial charge in [-0.05, 0) is 5.92 Å². The number of hydrogen-bond acceptors (Lipinski definition) is 4. The summed E-state index contributed by atoms with van der Waals surface area (Å²) in [5.74, 6) is 1.04. The molecule has 0 fully saturated rings. The van der Waals surface area contributed by atoms with Crippen LogP contribution in [0, 0.1) is 12.3 Å². The number of terminal acetylenes is 1. The van der Waals surface area contributed by atoms with Crippen LogP contribution in [0.1, 0.15) is 0 Å². The lowest BCUT2D eigenvalue weighted by Gasteiger charge is -2.23. The SMILES string of the molecule is C#CC[N+](C)(SC[C@H](N)C(=O)O)C(=O)O. The van der Waals surface area contributed by atoms with Crippen LogP contribution in [0.15, 0.2) is 0 Å². The summed E-state index contributed by atoms with van der Waals surface area (Å²) in [5.41, 5.74) is 5.25. The Hall–Kier alpha value is -1.23. The van der Waals surface area contributed by atoms with Crippen molar-refractivity contribution in [3.63, 3.8) is 0 Å². The monoisotopic (exact) mass is 233 g/mol. The second-order valence-electron chi connectivity index (χ2n) is 2.99. The first kappa shape index (κ1) is 13.8. The van der Waals surface area contributed by atoms with Crippen LogP contribution in [0.4, 0.5) is 4.79 Å².